The van der Waals surface area contributed by atoms with E-state index in [2.05, 4.69) is 10.4 Å². The van der Waals surface area contributed by atoms with E-state index in [-0.39, 0.29) is 11.8 Å². The van der Waals surface area contributed by atoms with Crippen LogP contribution in [0, 0.1) is 5.41 Å². The third-order valence-electron chi connectivity index (χ3n) is 6.04. The fraction of sp³-hybridized carbons (Fsp3) is 0.722. The van der Waals surface area contributed by atoms with Gasteiger partial charge in [0.2, 0.25) is 5.91 Å². The number of hydrogen-bond donors (Lipinski definition) is 1. The highest BCUT2D eigenvalue weighted by Crippen LogP contribution is 2.53. The standard InChI is InChI=1S/C18H26N4O2/c1-13(17(24)21-10-7-18(5-6-18)8-11-21)20-16(23)14-12-19-22-9-3-2-4-15(14)22/h12-13H,2-11H2,1H3,(H,20,23)/t13-/m0/s1. The van der Waals surface area contributed by atoms with Crippen molar-refractivity contribution >= 4 is 11.8 Å². The average molecular weight is 330 g/mol. The van der Waals surface area contributed by atoms with Crippen molar-refractivity contribution in [3.05, 3.63) is 17.5 Å². The lowest BCUT2D eigenvalue weighted by Gasteiger charge is -2.33. The summed E-state index contributed by atoms with van der Waals surface area (Å²) < 4.78 is 1.92. The first-order chi connectivity index (χ1) is 11.6. The molecule has 1 saturated carbocycles. The molecule has 2 aliphatic heterocycles. The van der Waals surface area contributed by atoms with Gasteiger partial charge in [-0.2, -0.15) is 5.10 Å². The summed E-state index contributed by atoms with van der Waals surface area (Å²) in [6.07, 6.45) is 9.64. The van der Waals surface area contributed by atoms with Crippen molar-refractivity contribution in [1.29, 1.82) is 0 Å². The van der Waals surface area contributed by atoms with Crippen LogP contribution >= 0.6 is 0 Å². The van der Waals surface area contributed by atoms with Crippen molar-refractivity contribution in [3.8, 4) is 0 Å². The molecule has 24 heavy (non-hydrogen) atoms. The predicted molar refractivity (Wildman–Crippen MR) is 89.6 cm³/mol. The van der Waals surface area contributed by atoms with E-state index in [9.17, 15) is 9.59 Å². The minimum absolute atomic E-state index is 0.0416. The summed E-state index contributed by atoms with van der Waals surface area (Å²) in [6.45, 7) is 4.34. The Morgan fingerprint density at radius 2 is 1.92 bits per heavy atom. The number of hydrogen-bond acceptors (Lipinski definition) is 3. The smallest absolute Gasteiger partial charge is 0.255 e. The summed E-state index contributed by atoms with van der Waals surface area (Å²) in [5.41, 5.74) is 2.19. The summed E-state index contributed by atoms with van der Waals surface area (Å²) in [6, 6.07) is -0.482. The number of nitrogens with zero attached hydrogens (tertiary/aromatic N) is 3. The Hall–Kier alpha value is -1.85. The number of aryl methyl sites for hydroxylation is 1. The second-order valence-electron chi connectivity index (χ2n) is 7.71. The molecule has 1 spiro atoms. The molecule has 1 saturated heterocycles. The van der Waals surface area contributed by atoms with E-state index < -0.39 is 6.04 Å². The Kier molecular flexibility index (Phi) is 3.85. The van der Waals surface area contributed by atoms with Gasteiger partial charge < -0.3 is 10.2 Å². The summed E-state index contributed by atoms with van der Waals surface area (Å²) in [5.74, 6) is -0.130. The van der Waals surface area contributed by atoms with Gasteiger partial charge in [-0.1, -0.05) is 0 Å². The Balaban J connectivity index is 1.36. The predicted octanol–water partition coefficient (Wildman–Crippen LogP) is 1.74. The molecule has 0 bridgehead atoms. The van der Waals surface area contributed by atoms with Gasteiger partial charge in [-0.05, 0) is 57.3 Å². The molecular formula is C18H26N4O2. The first-order valence-electron chi connectivity index (χ1n) is 9.22. The topological polar surface area (TPSA) is 67.2 Å². The number of likely N-dealkylation sites (tertiary alicyclic amines) is 1. The monoisotopic (exact) mass is 330 g/mol. The van der Waals surface area contributed by atoms with Gasteiger partial charge in [0.1, 0.15) is 6.04 Å². The Labute approximate surface area is 142 Å². The summed E-state index contributed by atoms with van der Waals surface area (Å²) in [5, 5.41) is 7.19. The fourth-order valence-corrected chi connectivity index (χ4v) is 4.10. The number of aromatic nitrogens is 2. The maximum Gasteiger partial charge on any atom is 0.255 e. The number of rotatable bonds is 3. The van der Waals surface area contributed by atoms with Crippen LogP contribution in [-0.2, 0) is 17.8 Å². The van der Waals surface area contributed by atoms with Gasteiger partial charge in [0, 0.05) is 19.6 Å². The molecule has 0 unspecified atom stereocenters. The third kappa shape index (κ3) is 2.82. The number of carbonyl (C=O) groups excluding carboxylic acids is 2. The highest BCUT2D eigenvalue weighted by atomic mass is 16.2. The highest BCUT2D eigenvalue weighted by molar-refractivity contribution is 5.98. The van der Waals surface area contributed by atoms with Crippen LogP contribution in [0.4, 0.5) is 0 Å². The molecule has 0 aromatic carbocycles. The normalized spacial score (nSPS) is 22.8. The SMILES string of the molecule is C[C@H](NC(=O)c1cnn2c1CCCC2)C(=O)N1CCC2(CC1)CC2. The van der Waals surface area contributed by atoms with E-state index in [1.165, 1.54) is 12.8 Å². The van der Waals surface area contributed by atoms with Crippen molar-refractivity contribution in [2.45, 2.75) is 64.5 Å². The molecule has 4 rings (SSSR count). The molecule has 1 N–H and O–H groups in total. The van der Waals surface area contributed by atoms with E-state index in [0.29, 0.717) is 11.0 Å². The lowest BCUT2D eigenvalue weighted by atomic mass is 9.93. The van der Waals surface area contributed by atoms with Crippen LogP contribution in [0.2, 0.25) is 0 Å². The van der Waals surface area contributed by atoms with Crippen LogP contribution in [-0.4, -0.2) is 45.6 Å². The highest BCUT2D eigenvalue weighted by Gasteiger charge is 2.45. The molecule has 1 aromatic heterocycles. The molecule has 130 valence electrons. The van der Waals surface area contributed by atoms with Gasteiger partial charge in [-0.15, -0.1) is 0 Å². The van der Waals surface area contributed by atoms with Crippen LogP contribution in [0.5, 0.6) is 0 Å². The van der Waals surface area contributed by atoms with Crippen molar-refractivity contribution in [2.75, 3.05) is 13.1 Å². The van der Waals surface area contributed by atoms with Crippen molar-refractivity contribution in [2.24, 2.45) is 5.41 Å². The zero-order chi connectivity index (χ0) is 16.7. The number of carbonyl (C=O) groups is 2. The van der Waals surface area contributed by atoms with Crippen LogP contribution < -0.4 is 5.32 Å². The zero-order valence-corrected chi connectivity index (χ0v) is 14.4. The summed E-state index contributed by atoms with van der Waals surface area (Å²) in [4.78, 5) is 27.1. The minimum atomic E-state index is -0.482. The second kappa shape index (κ2) is 5.90. The Morgan fingerprint density at radius 3 is 2.62 bits per heavy atom. The lowest BCUT2D eigenvalue weighted by molar-refractivity contribution is -0.134. The van der Waals surface area contributed by atoms with Gasteiger partial charge in [-0.25, -0.2) is 0 Å². The van der Waals surface area contributed by atoms with E-state index in [0.717, 1.165) is 57.4 Å². The number of fused-ring (bicyclic) bond motifs is 1. The number of nitrogens with one attached hydrogen (secondary N) is 1. The first-order valence-corrected chi connectivity index (χ1v) is 9.22. The number of piperidine rings is 1. The summed E-state index contributed by atoms with van der Waals surface area (Å²) in [7, 11) is 0. The van der Waals surface area contributed by atoms with Gasteiger partial charge in [-0.3, -0.25) is 14.3 Å². The Morgan fingerprint density at radius 1 is 1.17 bits per heavy atom. The number of amides is 2. The average Bonchev–Trinajstić information content (AvgIpc) is 3.21. The molecular weight excluding hydrogens is 304 g/mol. The lowest BCUT2D eigenvalue weighted by Crippen LogP contribution is -2.49. The van der Waals surface area contributed by atoms with Crippen LogP contribution in [0.1, 0.15) is 61.5 Å². The molecule has 2 amide bonds. The van der Waals surface area contributed by atoms with Gasteiger partial charge in [0.25, 0.3) is 5.91 Å². The quantitative estimate of drug-likeness (QED) is 0.918. The minimum Gasteiger partial charge on any atom is -0.341 e. The van der Waals surface area contributed by atoms with E-state index in [4.69, 9.17) is 0 Å². The first kappa shape index (κ1) is 15.7. The molecule has 0 radical (unpaired) electrons. The van der Waals surface area contributed by atoms with E-state index >= 15 is 0 Å². The van der Waals surface area contributed by atoms with Crippen molar-refractivity contribution < 1.29 is 9.59 Å². The molecule has 6 nitrogen and oxygen atoms in total. The fourth-order valence-electron chi connectivity index (χ4n) is 4.10. The molecule has 1 aliphatic carbocycles. The molecule has 1 aromatic rings. The molecule has 2 fully saturated rings. The second-order valence-corrected chi connectivity index (χ2v) is 7.71. The van der Waals surface area contributed by atoms with Crippen LogP contribution in [0.15, 0.2) is 6.20 Å². The molecule has 6 heteroatoms. The summed E-state index contributed by atoms with van der Waals surface area (Å²) >= 11 is 0. The largest absolute Gasteiger partial charge is 0.341 e. The van der Waals surface area contributed by atoms with Crippen molar-refractivity contribution in [1.82, 2.24) is 20.0 Å². The van der Waals surface area contributed by atoms with E-state index in [1.54, 1.807) is 13.1 Å². The van der Waals surface area contributed by atoms with Crippen molar-refractivity contribution in [3.63, 3.8) is 0 Å². The molecule has 1 atom stereocenters. The van der Waals surface area contributed by atoms with Crippen LogP contribution in [0.3, 0.4) is 0 Å². The maximum atomic E-state index is 12.6. The van der Waals surface area contributed by atoms with Gasteiger partial charge in [0.15, 0.2) is 0 Å². The van der Waals surface area contributed by atoms with Crippen LogP contribution in [0.25, 0.3) is 0 Å². The third-order valence-corrected chi connectivity index (χ3v) is 6.04. The van der Waals surface area contributed by atoms with E-state index in [1.807, 2.05) is 9.58 Å². The van der Waals surface area contributed by atoms with Gasteiger partial charge >= 0.3 is 0 Å². The molecule has 3 heterocycles. The molecule has 3 aliphatic rings. The maximum absolute atomic E-state index is 12.6. The zero-order valence-electron chi connectivity index (χ0n) is 14.4. The Bertz CT molecular complexity index is 652. The van der Waals surface area contributed by atoms with Gasteiger partial charge in [0.05, 0.1) is 17.5 Å².